The zero-order valence-corrected chi connectivity index (χ0v) is 12.3. The second-order valence-electron chi connectivity index (χ2n) is 4.43. The van der Waals surface area contributed by atoms with Gasteiger partial charge in [0.15, 0.2) is 5.96 Å². The molecular weight excluding hydrogens is 296 g/mol. The lowest BCUT2D eigenvalue weighted by molar-refractivity contribution is 0.637. The third kappa shape index (κ3) is 5.35. The van der Waals surface area contributed by atoms with E-state index >= 15 is 0 Å². The number of aromatic nitrogens is 1. The predicted octanol–water partition coefficient (Wildman–Crippen LogP) is 1.17. The molecule has 1 rings (SSSR count). The molecule has 0 saturated heterocycles. The van der Waals surface area contributed by atoms with Gasteiger partial charge in [-0.3, -0.25) is 9.79 Å². The Hall–Kier alpha value is -1.30. The summed E-state index contributed by atoms with van der Waals surface area (Å²) in [6.07, 6.45) is 1.76. The van der Waals surface area contributed by atoms with Crippen molar-refractivity contribution >= 4 is 21.9 Å². The number of rotatable bonds is 5. The van der Waals surface area contributed by atoms with Crippen molar-refractivity contribution in [1.82, 2.24) is 9.88 Å². The highest BCUT2D eigenvalue weighted by Gasteiger charge is 1.98. The van der Waals surface area contributed by atoms with Gasteiger partial charge in [0.1, 0.15) is 0 Å². The first-order chi connectivity index (χ1) is 8.49. The van der Waals surface area contributed by atoms with Crippen molar-refractivity contribution < 1.29 is 0 Å². The minimum absolute atomic E-state index is 0.0299. The maximum atomic E-state index is 11.5. The average molecular weight is 315 g/mol. The lowest BCUT2D eigenvalue weighted by Gasteiger charge is -2.08. The SMILES string of the molecule is CC(C)CN=C(N)NCCn1cc(Br)ccc1=O. The molecule has 0 saturated carbocycles. The lowest BCUT2D eigenvalue weighted by Crippen LogP contribution is -2.35. The molecule has 0 radical (unpaired) electrons. The van der Waals surface area contributed by atoms with Gasteiger partial charge in [-0.2, -0.15) is 0 Å². The number of hydrogen-bond acceptors (Lipinski definition) is 2. The third-order valence-electron chi connectivity index (χ3n) is 2.23. The quantitative estimate of drug-likeness (QED) is 0.633. The van der Waals surface area contributed by atoms with Crippen LogP contribution in [-0.4, -0.2) is 23.6 Å². The van der Waals surface area contributed by atoms with Gasteiger partial charge >= 0.3 is 0 Å². The van der Waals surface area contributed by atoms with E-state index in [2.05, 4.69) is 40.1 Å². The molecule has 1 aromatic rings. The summed E-state index contributed by atoms with van der Waals surface area (Å²) in [5, 5.41) is 2.99. The zero-order valence-electron chi connectivity index (χ0n) is 10.7. The van der Waals surface area contributed by atoms with Crippen LogP contribution in [0.5, 0.6) is 0 Å². The molecule has 3 N–H and O–H groups in total. The van der Waals surface area contributed by atoms with Gasteiger partial charge in [0.2, 0.25) is 0 Å². The maximum Gasteiger partial charge on any atom is 0.250 e. The molecule has 0 aliphatic carbocycles. The van der Waals surface area contributed by atoms with Crippen molar-refractivity contribution in [1.29, 1.82) is 0 Å². The minimum Gasteiger partial charge on any atom is -0.370 e. The normalized spacial score (nSPS) is 11.9. The Morgan fingerprint density at radius 1 is 1.56 bits per heavy atom. The Morgan fingerprint density at radius 3 is 2.94 bits per heavy atom. The molecule has 18 heavy (non-hydrogen) atoms. The molecule has 1 aromatic heterocycles. The van der Waals surface area contributed by atoms with Gasteiger partial charge < -0.3 is 15.6 Å². The number of aliphatic imine (C=N–C) groups is 1. The average Bonchev–Trinajstić information content (AvgIpc) is 2.31. The summed E-state index contributed by atoms with van der Waals surface area (Å²) in [5.74, 6) is 0.907. The number of nitrogens with one attached hydrogen (secondary N) is 1. The number of nitrogens with zero attached hydrogens (tertiary/aromatic N) is 2. The van der Waals surface area contributed by atoms with Crippen molar-refractivity contribution in [3.8, 4) is 0 Å². The van der Waals surface area contributed by atoms with Gasteiger partial charge in [-0.15, -0.1) is 0 Å². The van der Waals surface area contributed by atoms with Crippen molar-refractivity contribution in [3.05, 3.63) is 33.2 Å². The molecule has 0 aromatic carbocycles. The van der Waals surface area contributed by atoms with Crippen LogP contribution < -0.4 is 16.6 Å². The van der Waals surface area contributed by atoms with E-state index in [0.29, 0.717) is 31.5 Å². The van der Waals surface area contributed by atoms with E-state index in [0.717, 1.165) is 4.47 Å². The van der Waals surface area contributed by atoms with Crippen molar-refractivity contribution in [3.63, 3.8) is 0 Å². The molecule has 0 aliphatic heterocycles. The van der Waals surface area contributed by atoms with Gasteiger partial charge in [-0.1, -0.05) is 13.8 Å². The van der Waals surface area contributed by atoms with Crippen LogP contribution in [0.25, 0.3) is 0 Å². The first kappa shape index (κ1) is 14.8. The molecule has 0 atom stereocenters. The largest absolute Gasteiger partial charge is 0.370 e. The lowest BCUT2D eigenvalue weighted by atomic mass is 10.2. The summed E-state index contributed by atoms with van der Waals surface area (Å²) in [5.41, 5.74) is 5.67. The van der Waals surface area contributed by atoms with Crippen LogP contribution in [0.2, 0.25) is 0 Å². The molecule has 6 heteroatoms. The van der Waals surface area contributed by atoms with Gasteiger partial charge in [-0.25, -0.2) is 0 Å². The maximum absolute atomic E-state index is 11.5. The summed E-state index contributed by atoms with van der Waals surface area (Å²) in [4.78, 5) is 15.7. The highest BCUT2D eigenvalue weighted by atomic mass is 79.9. The summed E-state index contributed by atoms with van der Waals surface area (Å²) >= 11 is 3.33. The Kier molecular flexibility index (Phi) is 5.91. The molecule has 0 unspecified atom stereocenters. The topological polar surface area (TPSA) is 72.4 Å². The molecule has 0 fully saturated rings. The van der Waals surface area contributed by atoms with E-state index in [9.17, 15) is 4.79 Å². The smallest absolute Gasteiger partial charge is 0.250 e. The van der Waals surface area contributed by atoms with E-state index in [1.54, 1.807) is 16.8 Å². The van der Waals surface area contributed by atoms with Crippen molar-refractivity contribution in [2.45, 2.75) is 20.4 Å². The second-order valence-corrected chi connectivity index (χ2v) is 5.34. The van der Waals surface area contributed by atoms with Crippen LogP contribution >= 0.6 is 15.9 Å². The minimum atomic E-state index is -0.0299. The van der Waals surface area contributed by atoms with Gasteiger partial charge in [0.25, 0.3) is 5.56 Å². The standard InChI is InChI=1S/C12H19BrN4O/c1-9(2)7-16-12(14)15-5-6-17-8-10(13)3-4-11(17)18/h3-4,8-9H,5-7H2,1-2H3,(H3,14,15,16). The molecule has 5 nitrogen and oxygen atoms in total. The molecule has 100 valence electrons. The first-order valence-corrected chi connectivity index (χ1v) is 6.68. The number of pyridine rings is 1. The van der Waals surface area contributed by atoms with E-state index in [4.69, 9.17) is 5.73 Å². The summed E-state index contributed by atoms with van der Waals surface area (Å²) < 4.78 is 2.50. The van der Waals surface area contributed by atoms with Crippen molar-refractivity contribution in [2.24, 2.45) is 16.6 Å². The van der Waals surface area contributed by atoms with Gasteiger partial charge in [0, 0.05) is 36.4 Å². The first-order valence-electron chi connectivity index (χ1n) is 5.89. The molecule has 1 heterocycles. The Labute approximate surface area is 115 Å². The van der Waals surface area contributed by atoms with E-state index < -0.39 is 0 Å². The summed E-state index contributed by atoms with van der Waals surface area (Å²) in [6.45, 7) is 5.99. The van der Waals surface area contributed by atoms with Gasteiger partial charge in [-0.05, 0) is 27.9 Å². The fourth-order valence-electron chi connectivity index (χ4n) is 1.32. The highest BCUT2D eigenvalue weighted by molar-refractivity contribution is 9.10. The molecular formula is C12H19BrN4O. The third-order valence-corrected chi connectivity index (χ3v) is 2.70. The van der Waals surface area contributed by atoms with Crippen LogP contribution in [0.1, 0.15) is 13.8 Å². The molecule has 0 amide bonds. The summed E-state index contributed by atoms with van der Waals surface area (Å²) in [7, 11) is 0. The molecule has 0 spiro atoms. The predicted molar refractivity (Wildman–Crippen MR) is 77.7 cm³/mol. The van der Waals surface area contributed by atoms with Gasteiger partial charge in [0.05, 0.1) is 0 Å². The van der Waals surface area contributed by atoms with E-state index in [1.807, 2.05) is 0 Å². The van der Waals surface area contributed by atoms with E-state index in [-0.39, 0.29) is 5.56 Å². The molecule has 0 aliphatic rings. The Morgan fingerprint density at radius 2 is 2.28 bits per heavy atom. The fourth-order valence-corrected chi connectivity index (χ4v) is 1.70. The summed E-state index contributed by atoms with van der Waals surface area (Å²) in [6, 6.07) is 3.25. The Bertz CT molecular complexity index is 467. The highest BCUT2D eigenvalue weighted by Crippen LogP contribution is 2.04. The van der Waals surface area contributed by atoms with Crippen LogP contribution in [0.3, 0.4) is 0 Å². The monoisotopic (exact) mass is 314 g/mol. The fraction of sp³-hybridized carbons (Fsp3) is 0.500. The number of halogens is 1. The van der Waals surface area contributed by atoms with Crippen LogP contribution in [-0.2, 0) is 6.54 Å². The van der Waals surface area contributed by atoms with Crippen LogP contribution in [0, 0.1) is 5.92 Å². The number of hydrogen-bond donors (Lipinski definition) is 2. The van der Waals surface area contributed by atoms with Crippen LogP contribution in [0.15, 0.2) is 32.6 Å². The van der Waals surface area contributed by atoms with Crippen LogP contribution in [0.4, 0.5) is 0 Å². The van der Waals surface area contributed by atoms with Crippen molar-refractivity contribution in [2.75, 3.05) is 13.1 Å². The van der Waals surface area contributed by atoms with E-state index in [1.165, 1.54) is 6.07 Å². The second kappa shape index (κ2) is 7.20. The number of guanidine groups is 1. The molecule has 0 bridgehead atoms. The zero-order chi connectivity index (χ0) is 13.5. The number of nitrogens with two attached hydrogens (primary N) is 1. The Balaban J connectivity index is 2.44.